The highest BCUT2D eigenvalue weighted by Gasteiger charge is 2.30. The molecule has 1 N–H and O–H groups in total. The second-order valence-corrected chi connectivity index (χ2v) is 7.87. The molecule has 0 saturated carbocycles. The van der Waals surface area contributed by atoms with E-state index < -0.39 is 11.7 Å². The molecule has 0 aliphatic carbocycles. The molecule has 1 heterocycles. The average molecular weight is 496 g/mol. The van der Waals surface area contributed by atoms with Gasteiger partial charge in [0.05, 0.1) is 11.3 Å². The van der Waals surface area contributed by atoms with Gasteiger partial charge in [0.2, 0.25) is 0 Å². The first kappa shape index (κ1) is 20.6. The second kappa shape index (κ2) is 8.94. The Morgan fingerprint density at radius 2 is 1.86 bits per heavy atom. The van der Waals surface area contributed by atoms with Crippen LogP contribution in [-0.2, 0) is 12.6 Å². The van der Waals surface area contributed by atoms with Crippen molar-refractivity contribution in [3.8, 4) is 11.3 Å². The van der Waals surface area contributed by atoms with Gasteiger partial charge in [0.1, 0.15) is 0 Å². The molecule has 3 rings (SSSR count). The lowest BCUT2D eigenvalue weighted by molar-refractivity contribution is -0.137. The number of pyridine rings is 1. The number of hydrogen-bond donors (Lipinski definition) is 1. The second-order valence-electron chi connectivity index (χ2n) is 6.62. The van der Waals surface area contributed by atoms with Gasteiger partial charge in [0.15, 0.2) is 0 Å². The van der Waals surface area contributed by atoms with E-state index in [0.29, 0.717) is 22.1 Å². The molecule has 0 aliphatic heterocycles. The number of hydrogen-bond acceptors (Lipinski definition) is 2. The molecule has 28 heavy (non-hydrogen) atoms. The van der Waals surface area contributed by atoms with Crippen LogP contribution >= 0.6 is 22.6 Å². The number of rotatable bonds is 6. The Hall–Kier alpha value is -2.09. The van der Waals surface area contributed by atoms with E-state index in [2.05, 4.69) is 16.4 Å². The first-order valence-corrected chi connectivity index (χ1v) is 10.0. The van der Waals surface area contributed by atoms with Gasteiger partial charge >= 0.3 is 6.18 Å². The van der Waals surface area contributed by atoms with E-state index in [0.717, 1.165) is 28.9 Å². The Kier molecular flexibility index (Phi) is 6.59. The van der Waals surface area contributed by atoms with Crippen LogP contribution < -0.4 is 5.32 Å². The van der Waals surface area contributed by atoms with Crippen molar-refractivity contribution in [1.29, 1.82) is 0 Å². The lowest BCUT2D eigenvalue weighted by Gasteiger charge is -2.12. The summed E-state index contributed by atoms with van der Waals surface area (Å²) in [5, 5.41) is 3.36. The summed E-state index contributed by atoms with van der Waals surface area (Å²) < 4.78 is 39.4. The molecule has 0 bridgehead atoms. The van der Waals surface area contributed by atoms with Crippen LogP contribution in [-0.4, -0.2) is 11.5 Å². The maximum atomic E-state index is 12.9. The number of aromatic nitrogens is 1. The summed E-state index contributed by atoms with van der Waals surface area (Å²) in [6.07, 6.45) is -1.21. The number of nitrogens with one attached hydrogen (secondary N) is 1. The highest BCUT2D eigenvalue weighted by Crippen LogP contribution is 2.31. The summed E-state index contributed by atoms with van der Waals surface area (Å²) in [4.78, 5) is 4.40. The molecule has 2 nitrogen and oxygen atoms in total. The summed E-state index contributed by atoms with van der Waals surface area (Å²) in [6, 6.07) is 16.2. The lowest BCUT2D eigenvalue weighted by atomic mass is 10.0. The highest BCUT2D eigenvalue weighted by atomic mass is 127. The third kappa shape index (κ3) is 5.47. The van der Waals surface area contributed by atoms with Crippen molar-refractivity contribution in [2.24, 2.45) is 0 Å². The van der Waals surface area contributed by atoms with Gasteiger partial charge in [0, 0.05) is 27.6 Å². The van der Waals surface area contributed by atoms with Crippen molar-refractivity contribution in [1.82, 2.24) is 4.98 Å². The van der Waals surface area contributed by atoms with Crippen LogP contribution in [0.5, 0.6) is 0 Å². The van der Waals surface area contributed by atoms with E-state index >= 15 is 0 Å². The highest BCUT2D eigenvalue weighted by molar-refractivity contribution is 14.1. The Morgan fingerprint density at radius 3 is 2.57 bits per heavy atom. The van der Waals surface area contributed by atoms with E-state index in [9.17, 15) is 13.2 Å². The SMILES string of the molecule is Cc1ccc(NCCCc2cc(I)cc(C(F)(F)F)c2)cc1-c1ccccn1. The van der Waals surface area contributed by atoms with Crippen LogP contribution in [0.15, 0.2) is 60.8 Å². The minimum atomic E-state index is -4.31. The van der Waals surface area contributed by atoms with E-state index in [4.69, 9.17) is 0 Å². The largest absolute Gasteiger partial charge is 0.416 e. The fraction of sp³-hybridized carbons (Fsp3) is 0.227. The number of benzene rings is 2. The van der Waals surface area contributed by atoms with Crippen molar-refractivity contribution >= 4 is 28.3 Å². The standard InChI is InChI=1S/C22H20F3IN2/c1-15-7-8-19(14-20(15)21-6-2-3-9-28-21)27-10-4-5-16-11-17(22(23,24)25)13-18(26)12-16/h2-3,6-9,11-14,27H,4-5,10H2,1H3. The zero-order valence-electron chi connectivity index (χ0n) is 15.4. The van der Waals surface area contributed by atoms with Crippen LogP contribution in [0.1, 0.15) is 23.1 Å². The molecular weight excluding hydrogens is 476 g/mol. The van der Waals surface area contributed by atoms with E-state index in [-0.39, 0.29) is 0 Å². The minimum absolute atomic E-state index is 0.583. The Morgan fingerprint density at radius 1 is 1.04 bits per heavy atom. The Balaban J connectivity index is 1.61. The normalized spacial score (nSPS) is 11.5. The minimum Gasteiger partial charge on any atom is -0.385 e. The third-order valence-corrected chi connectivity index (χ3v) is 5.06. The Labute approximate surface area is 176 Å². The molecule has 0 aliphatic rings. The van der Waals surface area contributed by atoms with Gasteiger partial charge in [-0.1, -0.05) is 12.1 Å². The Bertz CT molecular complexity index is 940. The molecule has 0 fully saturated rings. The van der Waals surface area contributed by atoms with Gasteiger partial charge in [0.25, 0.3) is 0 Å². The van der Waals surface area contributed by atoms with E-state index in [1.54, 1.807) is 12.3 Å². The van der Waals surface area contributed by atoms with Crippen LogP contribution in [0.2, 0.25) is 0 Å². The molecule has 2 aromatic carbocycles. The molecular formula is C22H20F3IN2. The van der Waals surface area contributed by atoms with Gasteiger partial charge in [-0.2, -0.15) is 13.2 Å². The molecule has 0 spiro atoms. The number of alkyl halides is 3. The maximum Gasteiger partial charge on any atom is 0.416 e. The van der Waals surface area contributed by atoms with Crippen LogP contribution in [0.3, 0.4) is 0 Å². The molecule has 1 aromatic heterocycles. The van der Waals surface area contributed by atoms with Crippen LogP contribution in [0, 0.1) is 10.5 Å². The average Bonchev–Trinajstić information content (AvgIpc) is 2.66. The number of nitrogens with zero attached hydrogens (tertiary/aromatic N) is 1. The first-order valence-electron chi connectivity index (χ1n) is 8.95. The fourth-order valence-electron chi connectivity index (χ4n) is 3.01. The predicted octanol–water partition coefficient (Wildman–Crippen LogP) is 6.73. The first-order chi connectivity index (χ1) is 13.3. The van der Waals surface area contributed by atoms with Crippen molar-refractivity contribution < 1.29 is 13.2 Å². The van der Waals surface area contributed by atoms with Crippen molar-refractivity contribution in [3.05, 3.63) is 81.1 Å². The fourth-order valence-corrected chi connectivity index (χ4v) is 3.75. The molecule has 0 radical (unpaired) electrons. The van der Waals surface area contributed by atoms with Crippen molar-refractivity contribution in [2.45, 2.75) is 25.9 Å². The summed E-state index contributed by atoms with van der Waals surface area (Å²) in [5.41, 5.74) is 4.23. The van der Waals surface area contributed by atoms with Gasteiger partial charge in [-0.15, -0.1) is 0 Å². The van der Waals surface area contributed by atoms with Gasteiger partial charge in [-0.3, -0.25) is 4.98 Å². The van der Waals surface area contributed by atoms with Crippen molar-refractivity contribution in [3.63, 3.8) is 0 Å². The summed E-state index contributed by atoms with van der Waals surface area (Å²) >= 11 is 1.93. The van der Waals surface area contributed by atoms with Crippen LogP contribution in [0.25, 0.3) is 11.3 Å². The quantitative estimate of drug-likeness (QED) is 0.303. The van der Waals surface area contributed by atoms with Crippen molar-refractivity contribution in [2.75, 3.05) is 11.9 Å². The van der Waals surface area contributed by atoms with Gasteiger partial charge in [-0.05, 0) is 95.9 Å². The molecule has 0 saturated heterocycles. The smallest absolute Gasteiger partial charge is 0.385 e. The van der Waals surface area contributed by atoms with Gasteiger partial charge in [-0.25, -0.2) is 0 Å². The number of anilines is 1. The molecule has 0 amide bonds. The summed E-state index contributed by atoms with van der Waals surface area (Å²) in [5.74, 6) is 0. The zero-order chi connectivity index (χ0) is 20.1. The number of halogens is 4. The maximum absolute atomic E-state index is 12.9. The molecule has 6 heteroatoms. The summed E-state index contributed by atoms with van der Waals surface area (Å²) in [7, 11) is 0. The van der Waals surface area contributed by atoms with E-state index in [1.165, 1.54) is 12.1 Å². The molecule has 0 unspecified atom stereocenters. The third-order valence-electron chi connectivity index (χ3n) is 4.43. The van der Waals surface area contributed by atoms with Gasteiger partial charge < -0.3 is 5.32 Å². The molecule has 3 aromatic rings. The topological polar surface area (TPSA) is 24.9 Å². The number of aryl methyl sites for hydroxylation is 2. The van der Waals surface area contributed by atoms with E-state index in [1.807, 2.05) is 59.8 Å². The molecule has 0 atom stereocenters. The van der Waals surface area contributed by atoms with Crippen LogP contribution in [0.4, 0.5) is 18.9 Å². The lowest BCUT2D eigenvalue weighted by Crippen LogP contribution is -2.07. The molecule has 146 valence electrons. The zero-order valence-corrected chi connectivity index (χ0v) is 17.5. The summed E-state index contributed by atoms with van der Waals surface area (Å²) in [6.45, 7) is 2.72. The predicted molar refractivity (Wildman–Crippen MR) is 115 cm³/mol. The monoisotopic (exact) mass is 496 g/mol.